The summed E-state index contributed by atoms with van der Waals surface area (Å²) in [5, 5.41) is 10.6. The summed E-state index contributed by atoms with van der Waals surface area (Å²) in [6.07, 6.45) is 0. The molecule has 1 N–H and O–H groups in total. The standard InChI is InChI=1S/C17H27N7OS/c1-13-9-14(21-25-13)11-23-5-7-24(8-6-23)16(18-2)19-10-15-12-26-17(20-15)22(3)4/h9,12H,5-8,10-11H2,1-4H3,(H,18,19). The Kier molecular flexibility index (Phi) is 6.10. The minimum atomic E-state index is 0.690. The maximum absolute atomic E-state index is 5.15. The van der Waals surface area contributed by atoms with Crippen molar-refractivity contribution in [2.45, 2.75) is 20.0 Å². The number of aromatic nitrogens is 2. The van der Waals surface area contributed by atoms with Gasteiger partial charge in [-0.2, -0.15) is 0 Å². The lowest BCUT2D eigenvalue weighted by Gasteiger charge is -2.36. The smallest absolute Gasteiger partial charge is 0.194 e. The summed E-state index contributed by atoms with van der Waals surface area (Å²) >= 11 is 1.66. The molecule has 0 atom stereocenters. The molecule has 1 fully saturated rings. The number of aryl methyl sites for hydroxylation is 1. The molecule has 1 aliphatic rings. The molecule has 0 aromatic carbocycles. The molecule has 0 unspecified atom stereocenters. The zero-order valence-corrected chi connectivity index (χ0v) is 16.7. The van der Waals surface area contributed by atoms with E-state index in [1.54, 1.807) is 11.3 Å². The summed E-state index contributed by atoms with van der Waals surface area (Å²) in [6.45, 7) is 7.29. The molecule has 3 heterocycles. The van der Waals surface area contributed by atoms with Crippen molar-refractivity contribution >= 4 is 22.4 Å². The second-order valence-corrected chi connectivity index (χ2v) is 7.45. The first-order chi connectivity index (χ1) is 12.5. The van der Waals surface area contributed by atoms with Gasteiger partial charge in [0.1, 0.15) is 5.76 Å². The van der Waals surface area contributed by atoms with Gasteiger partial charge in [0.15, 0.2) is 11.1 Å². The molecule has 26 heavy (non-hydrogen) atoms. The van der Waals surface area contributed by atoms with Crippen molar-refractivity contribution in [1.29, 1.82) is 0 Å². The van der Waals surface area contributed by atoms with Gasteiger partial charge in [-0.1, -0.05) is 5.16 Å². The third kappa shape index (κ3) is 4.73. The number of aliphatic imine (C=N–C) groups is 1. The number of piperazine rings is 1. The summed E-state index contributed by atoms with van der Waals surface area (Å²) in [5.41, 5.74) is 2.04. The summed E-state index contributed by atoms with van der Waals surface area (Å²) in [7, 11) is 5.85. The second-order valence-electron chi connectivity index (χ2n) is 6.61. The van der Waals surface area contributed by atoms with Crippen LogP contribution in [0.4, 0.5) is 5.13 Å². The van der Waals surface area contributed by atoms with Gasteiger partial charge < -0.3 is 19.6 Å². The fourth-order valence-corrected chi connectivity index (χ4v) is 3.68. The zero-order valence-electron chi connectivity index (χ0n) is 15.9. The topological polar surface area (TPSA) is 73.0 Å². The molecule has 1 saturated heterocycles. The van der Waals surface area contributed by atoms with Crippen molar-refractivity contribution < 1.29 is 4.52 Å². The van der Waals surface area contributed by atoms with E-state index in [0.717, 1.165) is 61.0 Å². The van der Waals surface area contributed by atoms with Crippen LogP contribution >= 0.6 is 11.3 Å². The molecule has 9 heteroatoms. The molecular formula is C17H27N7OS. The molecule has 0 bridgehead atoms. The molecule has 3 rings (SSSR count). The van der Waals surface area contributed by atoms with E-state index >= 15 is 0 Å². The highest BCUT2D eigenvalue weighted by molar-refractivity contribution is 7.13. The first-order valence-electron chi connectivity index (χ1n) is 8.77. The van der Waals surface area contributed by atoms with Crippen LogP contribution in [0.15, 0.2) is 21.0 Å². The Bertz CT molecular complexity index is 731. The largest absolute Gasteiger partial charge is 0.361 e. The van der Waals surface area contributed by atoms with Gasteiger partial charge in [-0.15, -0.1) is 11.3 Å². The summed E-state index contributed by atoms with van der Waals surface area (Å²) in [5.74, 6) is 1.80. The Hall–Kier alpha value is -2.13. The SMILES string of the molecule is CN=C(NCc1csc(N(C)C)n1)N1CCN(Cc2cc(C)on2)CC1. The molecule has 0 spiro atoms. The highest BCUT2D eigenvalue weighted by atomic mass is 32.1. The minimum absolute atomic E-state index is 0.690. The van der Waals surface area contributed by atoms with Crippen LogP contribution in [0.3, 0.4) is 0 Å². The van der Waals surface area contributed by atoms with Crippen LogP contribution in [0.2, 0.25) is 0 Å². The van der Waals surface area contributed by atoms with Crippen LogP contribution in [-0.2, 0) is 13.1 Å². The monoisotopic (exact) mass is 377 g/mol. The lowest BCUT2D eigenvalue weighted by Crippen LogP contribution is -2.52. The van der Waals surface area contributed by atoms with E-state index in [1.807, 2.05) is 39.0 Å². The summed E-state index contributed by atoms with van der Waals surface area (Å²) in [4.78, 5) is 15.8. The minimum Gasteiger partial charge on any atom is -0.361 e. The van der Waals surface area contributed by atoms with E-state index in [4.69, 9.17) is 4.52 Å². The third-order valence-electron chi connectivity index (χ3n) is 4.30. The number of rotatable bonds is 5. The highest BCUT2D eigenvalue weighted by Gasteiger charge is 2.20. The predicted molar refractivity (Wildman–Crippen MR) is 105 cm³/mol. The lowest BCUT2D eigenvalue weighted by molar-refractivity contribution is 0.169. The van der Waals surface area contributed by atoms with Crippen LogP contribution in [0, 0.1) is 6.92 Å². The molecule has 0 aliphatic carbocycles. The first-order valence-corrected chi connectivity index (χ1v) is 9.65. The molecule has 142 valence electrons. The van der Waals surface area contributed by atoms with Gasteiger partial charge >= 0.3 is 0 Å². The molecule has 8 nitrogen and oxygen atoms in total. The quantitative estimate of drug-likeness (QED) is 0.624. The van der Waals surface area contributed by atoms with E-state index in [0.29, 0.717) is 6.54 Å². The van der Waals surface area contributed by atoms with E-state index < -0.39 is 0 Å². The van der Waals surface area contributed by atoms with Crippen molar-refractivity contribution in [3.8, 4) is 0 Å². The summed E-state index contributed by atoms with van der Waals surface area (Å²) < 4.78 is 5.15. The van der Waals surface area contributed by atoms with Gasteiger partial charge in [0.05, 0.1) is 17.9 Å². The fraction of sp³-hybridized carbons (Fsp3) is 0.588. The molecule has 0 saturated carbocycles. The Morgan fingerprint density at radius 2 is 2.08 bits per heavy atom. The Morgan fingerprint density at radius 3 is 2.65 bits per heavy atom. The van der Waals surface area contributed by atoms with Crippen molar-refractivity contribution in [1.82, 2.24) is 25.3 Å². The van der Waals surface area contributed by atoms with E-state index in [1.165, 1.54) is 0 Å². The third-order valence-corrected chi connectivity index (χ3v) is 5.35. The van der Waals surface area contributed by atoms with Gasteiger partial charge in [0.2, 0.25) is 0 Å². The molecule has 2 aromatic heterocycles. The van der Waals surface area contributed by atoms with Crippen molar-refractivity contribution in [2.75, 3.05) is 52.2 Å². The number of guanidine groups is 1. The fourth-order valence-electron chi connectivity index (χ4n) is 2.92. The van der Waals surface area contributed by atoms with Gasteiger partial charge in [-0.3, -0.25) is 9.89 Å². The molecule has 0 amide bonds. The number of hydrogen-bond acceptors (Lipinski definition) is 7. The lowest BCUT2D eigenvalue weighted by atomic mass is 10.3. The van der Waals surface area contributed by atoms with Gasteiger partial charge in [0.25, 0.3) is 0 Å². The number of nitrogens with one attached hydrogen (secondary N) is 1. The molecule has 1 aliphatic heterocycles. The van der Waals surface area contributed by atoms with Gasteiger partial charge in [0, 0.05) is 65.3 Å². The molecule has 0 radical (unpaired) electrons. The van der Waals surface area contributed by atoms with E-state index in [9.17, 15) is 0 Å². The average molecular weight is 378 g/mol. The van der Waals surface area contributed by atoms with Crippen molar-refractivity contribution in [3.63, 3.8) is 0 Å². The predicted octanol–water partition coefficient (Wildman–Crippen LogP) is 1.40. The van der Waals surface area contributed by atoms with Crippen molar-refractivity contribution in [2.24, 2.45) is 4.99 Å². The molecular weight excluding hydrogens is 350 g/mol. The van der Waals surface area contributed by atoms with Gasteiger partial charge in [-0.25, -0.2) is 4.98 Å². The normalized spacial score (nSPS) is 16.2. The Balaban J connectivity index is 1.47. The molecule has 2 aromatic rings. The zero-order chi connectivity index (χ0) is 18.5. The Labute approximate surface area is 158 Å². The van der Waals surface area contributed by atoms with E-state index in [2.05, 4.69) is 35.6 Å². The maximum Gasteiger partial charge on any atom is 0.194 e. The van der Waals surface area contributed by atoms with Crippen LogP contribution < -0.4 is 10.2 Å². The summed E-state index contributed by atoms with van der Waals surface area (Å²) in [6, 6.07) is 2.00. The van der Waals surface area contributed by atoms with E-state index in [-0.39, 0.29) is 0 Å². The number of hydrogen-bond donors (Lipinski definition) is 1. The van der Waals surface area contributed by atoms with Crippen LogP contribution in [0.5, 0.6) is 0 Å². The van der Waals surface area contributed by atoms with Crippen molar-refractivity contribution in [3.05, 3.63) is 28.6 Å². The average Bonchev–Trinajstić information content (AvgIpc) is 3.26. The highest BCUT2D eigenvalue weighted by Crippen LogP contribution is 2.17. The number of thiazole rings is 1. The second kappa shape index (κ2) is 8.50. The van der Waals surface area contributed by atoms with Crippen LogP contribution in [-0.4, -0.2) is 73.2 Å². The van der Waals surface area contributed by atoms with Crippen LogP contribution in [0.1, 0.15) is 17.1 Å². The first kappa shape index (κ1) is 18.7. The number of nitrogens with zero attached hydrogens (tertiary/aromatic N) is 6. The van der Waals surface area contributed by atoms with Gasteiger partial charge in [-0.05, 0) is 6.92 Å². The Morgan fingerprint density at radius 1 is 1.31 bits per heavy atom. The van der Waals surface area contributed by atoms with Crippen LogP contribution in [0.25, 0.3) is 0 Å². The number of anilines is 1. The maximum atomic E-state index is 5.15.